The molecule has 1 fully saturated rings. The highest BCUT2D eigenvalue weighted by Gasteiger charge is 2.30. The SMILES string of the molecule is O=C(COc1ccccc1)N1CCCCC1c1nc(-c2cccc(-n3cccc3)c2)n[nH]1. The molecule has 2 aromatic carbocycles. The second-order valence-corrected chi connectivity index (χ2v) is 7.89. The van der Waals surface area contributed by atoms with Gasteiger partial charge in [0.05, 0.1) is 6.04 Å². The van der Waals surface area contributed by atoms with Crippen LogP contribution in [0.3, 0.4) is 0 Å². The molecule has 0 bridgehead atoms. The van der Waals surface area contributed by atoms with Crippen LogP contribution in [0.1, 0.15) is 31.1 Å². The maximum atomic E-state index is 12.9. The summed E-state index contributed by atoms with van der Waals surface area (Å²) in [5.41, 5.74) is 1.98. The summed E-state index contributed by atoms with van der Waals surface area (Å²) in [5.74, 6) is 2.01. The van der Waals surface area contributed by atoms with Gasteiger partial charge < -0.3 is 14.2 Å². The van der Waals surface area contributed by atoms with E-state index in [1.54, 1.807) is 0 Å². The Hall–Kier alpha value is -3.87. The predicted octanol–water partition coefficient (Wildman–Crippen LogP) is 4.40. The van der Waals surface area contributed by atoms with Crippen LogP contribution in [0.5, 0.6) is 5.75 Å². The van der Waals surface area contributed by atoms with Crippen molar-refractivity contribution in [2.75, 3.05) is 13.2 Å². The predicted molar refractivity (Wildman–Crippen MR) is 121 cm³/mol. The molecule has 162 valence electrons. The highest BCUT2D eigenvalue weighted by molar-refractivity contribution is 5.78. The average Bonchev–Trinajstić information content (AvgIpc) is 3.56. The Morgan fingerprint density at radius 1 is 1.03 bits per heavy atom. The lowest BCUT2D eigenvalue weighted by molar-refractivity contribution is -0.137. The van der Waals surface area contributed by atoms with Gasteiger partial charge in [0.1, 0.15) is 11.6 Å². The van der Waals surface area contributed by atoms with Crippen LogP contribution in [0.15, 0.2) is 79.1 Å². The number of rotatable bonds is 6. The third-order valence-electron chi connectivity index (χ3n) is 5.75. The molecular formula is C25H25N5O2. The largest absolute Gasteiger partial charge is 0.484 e. The lowest BCUT2D eigenvalue weighted by Crippen LogP contribution is -2.41. The van der Waals surface area contributed by atoms with E-state index in [2.05, 4.69) is 16.3 Å². The third kappa shape index (κ3) is 4.27. The van der Waals surface area contributed by atoms with E-state index in [0.29, 0.717) is 18.1 Å². The van der Waals surface area contributed by atoms with Crippen molar-refractivity contribution in [1.29, 1.82) is 0 Å². The molecule has 1 atom stereocenters. The minimum Gasteiger partial charge on any atom is -0.484 e. The Bertz CT molecular complexity index is 1170. The Kier molecular flexibility index (Phi) is 5.70. The van der Waals surface area contributed by atoms with Gasteiger partial charge in [-0.15, -0.1) is 0 Å². The molecule has 5 rings (SSSR count). The molecule has 32 heavy (non-hydrogen) atoms. The van der Waals surface area contributed by atoms with Gasteiger partial charge in [-0.3, -0.25) is 9.89 Å². The zero-order valence-corrected chi connectivity index (χ0v) is 17.7. The molecule has 0 radical (unpaired) electrons. The van der Waals surface area contributed by atoms with Gasteiger partial charge in [-0.05, 0) is 55.7 Å². The van der Waals surface area contributed by atoms with Crippen LogP contribution in [0.2, 0.25) is 0 Å². The minimum atomic E-state index is -0.121. The van der Waals surface area contributed by atoms with Crippen molar-refractivity contribution < 1.29 is 9.53 Å². The first kappa shape index (κ1) is 20.1. The molecule has 1 amide bonds. The summed E-state index contributed by atoms with van der Waals surface area (Å²) in [6, 6.07) is 21.4. The summed E-state index contributed by atoms with van der Waals surface area (Å²) in [4.78, 5) is 19.6. The highest BCUT2D eigenvalue weighted by atomic mass is 16.5. The monoisotopic (exact) mass is 427 g/mol. The van der Waals surface area contributed by atoms with Crippen molar-refractivity contribution in [3.05, 3.63) is 84.9 Å². The zero-order chi connectivity index (χ0) is 21.8. The van der Waals surface area contributed by atoms with Crippen molar-refractivity contribution >= 4 is 5.91 Å². The smallest absolute Gasteiger partial charge is 0.261 e. The van der Waals surface area contributed by atoms with Gasteiger partial charge in [-0.2, -0.15) is 5.10 Å². The number of aromatic amines is 1. The molecular weight excluding hydrogens is 402 g/mol. The molecule has 1 unspecified atom stereocenters. The maximum absolute atomic E-state index is 12.9. The second-order valence-electron chi connectivity index (χ2n) is 7.89. The molecule has 1 saturated heterocycles. The second kappa shape index (κ2) is 9.09. The van der Waals surface area contributed by atoms with E-state index in [9.17, 15) is 4.79 Å². The molecule has 1 N–H and O–H groups in total. The van der Waals surface area contributed by atoms with Gasteiger partial charge in [-0.1, -0.05) is 30.3 Å². The average molecular weight is 428 g/mol. The van der Waals surface area contributed by atoms with Crippen LogP contribution in [0.25, 0.3) is 17.1 Å². The molecule has 1 aliphatic heterocycles. The van der Waals surface area contributed by atoms with Gasteiger partial charge in [0.25, 0.3) is 5.91 Å². The van der Waals surface area contributed by atoms with E-state index in [1.165, 1.54) is 0 Å². The number of carbonyl (C=O) groups excluding carboxylic acids is 1. The summed E-state index contributed by atoms with van der Waals surface area (Å²) in [6.45, 7) is 0.710. The number of ether oxygens (including phenoxy) is 1. The molecule has 3 heterocycles. The van der Waals surface area contributed by atoms with E-state index in [0.717, 1.165) is 36.3 Å². The van der Waals surface area contributed by atoms with E-state index < -0.39 is 0 Å². The Balaban J connectivity index is 1.33. The summed E-state index contributed by atoms with van der Waals surface area (Å²) in [6.07, 6.45) is 6.90. The van der Waals surface area contributed by atoms with E-state index >= 15 is 0 Å². The van der Waals surface area contributed by atoms with Crippen LogP contribution in [0.4, 0.5) is 0 Å². The van der Waals surface area contributed by atoms with Gasteiger partial charge in [0.2, 0.25) is 0 Å². The maximum Gasteiger partial charge on any atom is 0.261 e. The van der Waals surface area contributed by atoms with Crippen molar-refractivity contribution in [2.24, 2.45) is 0 Å². The fourth-order valence-corrected chi connectivity index (χ4v) is 4.12. The number of H-pyrrole nitrogens is 1. The van der Waals surface area contributed by atoms with Gasteiger partial charge >= 0.3 is 0 Å². The number of likely N-dealkylation sites (tertiary alicyclic amines) is 1. The Labute approximate surface area is 186 Å². The number of amides is 1. The Morgan fingerprint density at radius 2 is 1.88 bits per heavy atom. The van der Waals surface area contributed by atoms with Crippen LogP contribution >= 0.6 is 0 Å². The summed E-state index contributed by atoms with van der Waals surface area (Å²) < 4.78 is 7.74. The number of hydrogen-bond acceptors (Lipinski definition) is 4. The number of nitrogens with one attached hydrogen (secondary N) is 1. The van der Waals surface area contributed by atoms with E-state index in [-0.39, 0.29) is 18.6 Å². The van der Waals surface area contributed by atoms with Crippen LogP contribution < -0.4 is 4.74 Å². The molecule has 4 aromatic rings. The first-order valence-electron chi connectivity index (χ1n) is 10.9. The number of piperidine rings is 1. The first-order valence-corrected chi connectivity index (χ1v) is 10.9. The van der Waals surface area contributed by atoms with Crippen LogP contribution in [-0.2, 0) is 4.79 Å². The Morgan fingerprint density at radius 3 is 2.72 bits per heavy atom. The lowest BCUT2D eigenvalue weighted by Gasteiger charge is -2.34. The molecule has 0 saturated carbocycles. The van der Waals surface area contributed by atoms with Crippen molar-refractivity contribution in [1.82, 2.24) is 24.6 Å². The summed E-state index contributed by atoms with van der Waals surface area (Å²) >= 11 is 0. The number of aromatic nitrogens is 4. The minimum absolute atomic E-state index is 0.0143. The van der Waals surface area contributed by atoms with Crippen molar-refractivity contribution in [3.63, 3.8) is 0 Å². The van der Waals surface area contributed by atoms with Crippen LogP contribution in [0, 0.1) is 0 Å². The molecule has 2 aromatic heterocycles. The third-order valence-corrected chi connectivity index (χ3v) is 5.75. The van der Waals surface area contributed by atoms with Gasteiger partial charge in [-0.25, -0.2) is 4.98 Å². The molecule has 7 heteroatoms. The molecule has 0 spiro atoms. The number of para-hydroxylation sites is 1. The van der Waals surface area contributed by atoms with Crippen LogP contribution in [-0.4, -0.2) is 43.7 Å². The highest BCUT2D eigenvalue weighted by Crippen LogP contribution is 2.30. The van der Waals surface area contributed by atoms with Gasteiger partial charge in [0.15, 0.2) is 12.4 Å². The van der Waals surface area contributed by atoms with Crippen molar-refractivity contribution in [2.45, 2.75) is 25.3 Å². The quantitative estimate of drug-likeness (QED) is 0.495. The lowest BCUT2D eigenvalue weighted by atomic mass is 10.0. The number of nitrogens with zero attached hydrogens (tertiary/aromatic N) is 4. The fraction of sp³-hybridized carbons (Fsp3) is 0.240. The topological polar surface area (TPSA) is 76.0 Å². The zero-order valence-electron chi connectivity index (χ0n) is 17.7. The van der Waals surface area contributed by atoms with E-state index in [1.807, 2.05) is 82.5 Å². The molecule has 7 nitrogen and oxygen atoms in total. The first-order chi connectivity index (χ1) is 15.8. The summed E-state index contributed by atoms with van der Waals surface area (Å²) in [7, 11) is 0. The molecule has 0 aliphatic carbocycles. The normalized spacial score (nSPS) is 16.1. The molecule has 1 aliphatic rings. The number of carbonyl (C=O) groups is 1. The van der Waals surface area contributed by atoms with Gasteiger partial charge in [0, 0.05) is 30.2 Å². The number of hydrogen-bond donors (Lipinski definition) is 1. The van der Waals surface area contributed by atoms with E-state index in [4.69, 9.17) is 9.72 Å². The standard InChI is InChI=1S/C25H25N5O2/c31-23(18-32-21-11-2-1-3-12-21)30-16-5-4-13-22(30)25-26-24(27-28-25)19-9-8-10-20(17-19)29-14-6-7-15-29/h1-3,6-12,14-15,17,22H,4-5,13,16,18H2,(H,26,27,28). The number of benzene rings is 2. The summed E-state index contributed by atoms with van der Waals surface area (Å²) in [5, 5.41) is 7.54. The van der Waals surface area contributed by atoms with Crippen molar-refractivity contribution in [3.8, 4) is 22.8 Å². The fourth-order valence-electron chi connectivity index (χ4n) is 4.12.